The second-order valence-corrected chi connectivity index (χ2v) is 2.69. The van der Waals surface area contributed by atoms with Crippen molar-refractivity contribution in [2.45, 2.75) is 5.92 Å². The van der Waals surface area contributed by atoms with Crippen LogP contribution in [0.25, 0.3) is 0 Å². The SMILES string of the molecule is COC(=O)C(F)(F)c1ccc(F)cc1F. The molecule has 0 fully saturated rings. The molecule has 0 aliphatic carbocycles. The highest BCUT2D eigenvalue weighted by molar-refractivity contribution is 5.79. The fraction of sp³-hybridized carbons (Fsp3) is 0.222. The largest absolute Gasteiger partial charge is 0.464 e. The summed E-state index contributed by atoms with van der Waals surface area (Å²) in [6.07, 6.45) is 0. The van der Waals surface area contributed by atoms with E-state index in [1.54, 1.807) is 0 Å². The summed E-state index contributed by atoms with van der Waals surface area (Å²) in [6.45, 7) is 0. The first-order valence-electron chi connectivity index (χ1n) is 3.81. The molecule has 1 rings (SSSR count). The minimum atomic E-state index is -4.12. The van der Waals surface area contributed by atoms with Crippen LogP contribution in [0, 0.1) is 11.6 Å². The second-order valence-electron chi connectivity index (χ2n) is 2.69. The Morgan fingerprint density at radius 1 is 1.33 bits per heavy atom. The maximum absolute atomic E-state index is 13.1. The molecule has 0 bridgehead atoms. The van der Waals surface area contributed by atoms with Gasteiger partial charge in [-0.05, 0) is 12.1 Å². The minimum absolute atomic E-state index is 0.270. The van der Waals surface area contributed by atoms with Crippen LogP contribution in [0.1, 0.15) is 5.56 Å². The quantitative estimate of drug-likeness (QED) is 0.566. The number of hydrogen-bond acceptors (Lipinski definition) is 2. The number of methoxy groups -OCH3 is 1. The molecule has 0 spiro atoms. The standard InChI is InChI=1S/C9H6F4O2/c1-15-8(14)9(12,13)6-3-2-5(10)4-7(6)11/h2-4H,1H3. The molecule has 0 aliphatic heterocycles. The Bertz CT molecular complexity index is 390. The van der Waals surface area contributed by atoms with Gasteiger partial charge in [0.25, 0.3) is 0 Å². The summed E-state index contributed by atoms with van der Waals surface area (Å²) in [5.41, 5.74) is -1.21. The van der Waals surface area contributed by atoms with E-state index in [2.05, 4.69) is 4.74 Å². The van der Waals surface area contributed by atoms with Gasteiger partial charge in [-0.25, -0.2) is 13.6 Å². The summed E-state index contributed by atoms with van der Waals surface area (Å²) in [5.74, 6) is -8.51. The monoisotopic (exact) mass is 222 g/mol. The van der Waals surface area contributed by atoms with E-state index in [1.807, 2.05) is 0 Å². The molecule has 0 atom stereocenters. The van der Waals surface area contributed by atoms with Gasteiger partial charge in [0.1, 0.15) is 11.6 Å². The molecule has 0 radical (unpaired) electrons. The number of benzene rings is 1. The van der Waals surface area contributed by atoms with Crippen LogP contribution in [-0.2, 0) is 15.5 Å². The number of halogens is 4. The van der Waals surface area contributed by atoms with E-state index in [9.17, 15) is 22.4 Å². The van der Waals surface area contributed by atoms with Gasteiger partial charge in [0, 0.05) is 6.07 Å². The van der Waals surface area contributed by atoms with Gasteiger partial charge in [0.15, 0.2) is 0 Å². The van der Waals surface area contributed by atoms with Crippen LogP contribution in [0.5, 0.6) is 0 Å². The zero-order valence-corrected chi connectivity index (χ0v) is 7.56. The summed E-state index contributed by atoms with van der Waals surface area (Å²) in [6, 6.07) is 1.41. The molecule has 1 aromatic carbocycles. The Kier molecular flexibility index (Phi) is 2.97. The normalized spacial score (nSPS) is 11.3. The van der Waals surface area contributed by atoms with Gasteiger partial charge in [0.2, 0.25) is 0 Å². The minimum Gasteiger partial charge on any atom is -0.464 e. The first-order chi connectivity index (χ1) is 6.89. The van der Waals surface area contributed by atoms with Gasteiger partial charge in [-0.15, -0.1) is 0 Å². The van der Waals surface area contributed by atoms with Crippen LogP contribution in [0.15, 0.2) is 18.2 Å². The first-order valence-corrected chi connectivity index (χ1v) is 3.81. The van der Waals surface area contributed by atoms with Crippen molar-refractivity contribution in [3.05, 3.63) is 35.4 Å². The van der Waals surface area contributed by atoms with Crippen molar-refractivity contribution < 1.29 is 27.1 Å². The molecule has 0 heterocycles. The lowest BCUT2D eigenvalue weighted by Gasteiger charge is -2.14. The summed E-state index contributed by atoms with van der Waals surface area (Å²) in [7, 11) is 0.748. The molecule has 0 aliphatic rings. The maximum atomic E-state index is 13.1. The molecule has 0 amide bonds. The molecule has 1 aromatic rings. The highest BCUT2D eigenvalue weighted by Crippen LogP contribution is 2.31. The average molecular weight is 222 g/mol. The Morgan fingerprint density at radius 3 is 2.40 bits per heavy atom. The summed E-state index contributed by atoms with van der Waals surface area (Å²) in [4.78, 5) is 10.6. The van der Waals surface area contributed by atoms with Crippen molar-refractivity contribution in [2.24, 2.45) is 0 Å². The zero-order valence-electron chi connectivity index (χ0n) is 7.56. The highest BCUT2D eigenvalue weighted by Gasteiger charge is 2.44. The predicted octanol–water partition coefficient (Wildman–Crippen LogP) is 2.23. The van der Waals surface area contributed by atoms with Gasteiger partial charge in [-0.2, -0.15) is 8.78 Å². The lowest BCUT2D eigenvalue weighted by atomic mass is 10.1. The van der Waals surface area contributed by atoms with Crippen molar-refractivity contribution in [2.75, 3.05) is 7.11 Å². The van der Waals surface area contributed by atoms with Crippen LogP contribution in [-0.4, -0.2) is 13.1 Å². The molecular weight excluding hydrogens is 216 g/mol. The van der Waals surface area contributed by atoms with Crippen LogP contribution in [0.2, 0.25) is 0 Å². The smallest absolute Gasteiger partial charge is 0.381 e. The maximum Gasteiger partial charge on any atom is 0.381 e. The fourth-order valence-corrected chi connectivity index (χ4v) is 0.982. The number of carbonyl (C=O) groups is 1. The Labute approximate surface area is 82.5 Å². The van der Waals surface area contributed by atoms with Crippen molar-refractivity contribution in [1.82, 2.24) is 0 Å². The molecule has 2 nitrogen and oxygen atoms in total. The molecule has 15 heavy (non-hydrogen) atoms. The number of hydrogen-bond donors (Lipinski definition) is 0. The van der Waals surface area contributed by atoms with Crippen LogP contribution >= 0.6 is 0 Å². The van der Waals surface area contributed by atoms with Gasteiger partial charge < -0.3 is 4.74 Å². The predicted molar refractivity (Wildman–Crippen MR) is 42.3 cm³/mol. The molecule has 0 unspecified atom stereocenters. The highest BCUT2D eigenvalue weighted by atomic mass is 19.3. The van der Waals surface area contributed by atoms with Crippen molar-refractivity contribution in [1.29, 1.82) is 0 Å². The summed E-state index contributed by atoms with van der Waals surface area (Å²) in [5, 5.41) is 0. The molecular formula is C9H6F4O2. The van der Waals surface area contributed by atoms with Crippen molar-refractivity contribution in [3.8, 4) is 0 Å². The first kappa shape index (κ1) is 11.5. The van der Waals surface area contributed by atoms with Crippen molar-refractivity contribution in [3.63, 3.8) is 0 Å². The number of rotatable bonds is 2. The molecule has 6 heteroatoms. The molecule has 0 aromatic heterocycles. The summed E-state index contributed by atoms with van der Waals surface area (Å²) >= 11 is 0. The van der Waals surface area contributed by atoms with Crippen LogP contribution < -0.4 is 0 Å². The van der Waals surface area contributed by atoms with Crippen molar-refractivity contribution >= 4 is 5.97 Å². The third kappa shape index (κ3) is 2.08. The zero-order chi connectivity index (χ0) is 11.6. The third-order valence-corrected chi connectivity index (χ3v) is 1.71. The van der Waals surface area contributed by atoms with E-state index in [0.717, 1.165) is 7.11 Å². The Morgan fingerprint density at radius 2 is 1.93 bits per heavy atom. The van der Waals surface area contributed by atoms with Gasteiger partial charge >= 0.3 is 11.9 Å². The molecule has 0 saturated heterocycles. The number of esters is 1. The lowest BCUT2D eigenvalue weighted by Crippen LogP contribution is -2.28. The van der Waals surface area contributed by atoms with E-state index in [1.165, 1.54) is 0 Å². The Hall–Kier alpha value is -1.59. The van der Waals surface area contributed by atoms with Crippen LogP contribution in [0.3, 0.4) is 0 Å². The number of carbonyl (C=O) groups excluding carboxylic acids is 1. The van der Waals surface area contributed by atoms with Gasteiger partial charge in [-0.1, -0.05) is 0 Å². The number of ether oxygens (including phenoxy) is 1. The molecule has 0 saturated carbocycles. The lowest BCUT2D eigenvalue weighted by molar-refractivity contribution is -0.170. The van der Waals surface area contributed by atoms with E-state index in [-0.39, 0.29) is 6.07 Å². The van der Waals surface area contributed by atoms with E-state index >= 15 is 0 Å². The summed E-state index contributed by atoms with van der Waals surface area (Å²) < 4.78 is 55.3. The van der Waals surface area contributed by atoms with Gasteiger partial charge in [0.05, 0.1) is 12.7 Å². The second kappa shape index (κ2) is 3.88. The topological polar surface area (TPSA) is 26.3 Å². The third-order valence-electron chi connectivity index (χ3n) is 1.71. The van der Waals surface area contributed by atoms with Gasteiger partial charge in [-0.3, -0.25) is 0 Å². The van der Waals surface area contributed by atoms with E-state index < -0.39 is 29.1 Å². The Balaban J connectivity index is 3.21. The van der Waals surface area contributed by atoms with E-state index in [4.69, 9.17) is 0 Å². The van der Waals surface area contributed by atoms with Crippen LogP contribution in [0.4, 0.5) is 17.6 Å². The fourth-order valence-electron chi connectivity index (χ4n) is 0.982. The average Bonchev–Trinajstić information content (AvgIpc) is 2.15. The number of alkyl halides is 2. The molecule has 82 valence electrons. The molecule has 0 N–H and O–H groups in total. The van der Waals surface area contributed by atoms with E-state index in [0.29, 0.717) is 12.1 Å².